The fourth-order valence-electron chi connectivity index (χ4n) is 1.80. The van der Waals surface area contributed by atoms with Crippen molar-refractivity contribution in [1.29, 1.82) is 0 Å². The van der Waals surface area contributed by atoms with Crippen molar-refractivity contribution in [2.45, 2.75) is 38.2 Å². The first-order valence-corrected chi connectivity index (χ1v) is 5.31. The molecule has 0 unspecified atom stereocenters. The lowest BCUT2D eigenvalue weighted by molar-refractivity contribution is 0.0864. The molecule has 0 radical (unpaired) electrons. The van der Waals surface area contributed by atoms with Gasteiger partial charge in [-0.15, -0.1) is 0 Å². The molecule has 2 rings (SSSR count). The first-order chi connectivity index (χ1) is 7.34. The van der Waals surface area contributed by atoms with Crippen LogP contribution in [0, 0.1) is 0 Å². The third kappa shape index (κ3) is 2.97. The van der Waals surface area contributed by atoms with E-state index in [4.69, 9.17) is 4.74 Å². The topological polar surface area (TPSA) is 67.0 Å². The average molecular weight is 209 g/mol. The van der Waals surface area contributed by atoms with Crippen LogP contribution in [-0.2, 0) is 4.74 Å². The number of carbonyl (C=O) groups is 1. The number of nitrogens with zero attached hydrogens (tertiary/aromatic N) is 1. The molecule has 0 aromatic carbocycles. The molecular formula is C10H15N3O2. The molecule has 82 valence electrons. The molecule has 1 heterocycles. The lowest BCUT2D eigenvalue weighted by Gasteiger charge is -2.21. The molecule has 0 bridgehead atoms. The van der Waals surface area contributed by atoms with E-state index >= 15 is 0 Å². The van der Waals surface area contributed by atoms with Crippen LogP contribution in [0.1, 0.15) is 32.1 Å². The molecule has 1 fully saturated rings. The molecule has 1 aliphatic rings. The van der Waals surface area contributed by atoms with Crippen LogP contribution >= 0.6 is 0 Å². The zero-order valence-electron chi connectivity index (χ0n) is 8.53. The molecule has 2 N–H and O–H groups in total. The lowest BCUT2D eigenvalue weighted by Crippen LogP contribution is -2.24. The van der Waals surface area contributed by atoms with Crippen molar-refractivity contribution in [1.82, 2.24) is 10.2 Å². The van der Waals surface area contributed by atoms with E-state index in [1.807, 2.05) is 0 Å². The average Bonchev–Trinajstić information content (AvgIpc) is 2.71. The van der Waals surface area contributed by atoms with Gasteiger partial charge < -0.3 is 4.74 Å². The van der Waals surface area contributed by atoms with Gasteiger partial charge in [0.15, 0.2) is 0 Å². The summed E-state index contributed by atoms with van der Waals surface area (Å²) in [6.45, 7) is 0. The van der Waals surface area contributed by atoms with E-state index in [-0.39, 0.29) is 6.10 Å². The lowest BCUT2D eigenvalue weighted by atomic mass is 9.98. The standard InChI is InChI=1S/C10H15N3O2/c14-10(12-9-6-7-11-13-9)15-8-4-2-1-3-5-8/h6-8H,1-5H2,(H2,11,12,13,14). The van der Waals surface area contributed by atoms with Gasteiger partial charge in [-0.25, -0.2) is 4.79 Å². The van der Waals surface area contributed by atoms with Crippen molar-refractivity contribution >= 4 is 11.9 Å². The Balaban J connectivity index is 1.76. The van der Waals surface area contributed by atoms with Crippen LogP contribution in [0.5, 0.6) is 0 Å². The largest absolute Gasteiger partial charge is 0.446 e. The molecule has 5 nitrogen and oxygen atoms in total. The normalized spacial score (nSPS) is 17.3. The first-order valence-electron chi connectivity index (χ1n) is 5.31. The van der Waals surface area contributed by atoms with Crippen molar-refractivity contribution in [2.75, 3.05) is 5.32 Å². The van der Waals surface area contributed by atoms with E-state index in [9.17, 15) is 4.79 Å². The van der Waals surface area contributed by atoms with Gasteiger partial charge in [-0.3, -0.25) is 10.4 Å². The van der Waals surface area contributed by atoms with Gasteiger partial charge in [0.05, 0.1) is 6.20 Å². The molecule has 0 aliphatic heterocycles. The van der Waals surface area contributed by atoms with Crippen molar-refractivity contribution in [3.8, 4) is 0 Å². The Kier molecular flexibility index (Phi) is 3.22. The summed E-state index contributed by atoms with van der Waals surface area (Å²) in [7, 11) is 0. The first kappa shape index (κ1) is 10.0. The molecule has 0 saturated heterocycles. The summed E-state index contributed by atoms with van der Waals surface area (Å²) in [5.41, 5.74) is 0. The highest BCUT2D eigenvalue weighted by Gasteiger charge is 2.17. The van der Waals surface area contributed by atoms with Crippen molar-refractivity contribution in [3.05, 3.63) is 12.3 Å². The van der Waals surface area contributed by atoms with Gasteiger partial charge in [-0.05, 0) is 25.7 Å². The summed E-state index contributed by atoms with van der Waals surface area (Å²) >= 11 is 0. The Hall–Kier alpha value is -1.52. The van der Waals surface area contributed by atoms with E-state index in [0.717, 1.165) is 25.7 Å². The van der Waals surface area contributed by atoms with Crippen LogP contribution in [0.15, 0.2) is 12.3 Å². The number of anilines is 1. The maximum Gasteiger partial charge on any atom is 0.413 e. The molecule has 0 atom stereocenters. The van der Waals surface area contributed by atoms with Crippen LogP contribution < -0.4 is 5.32 Å². The van der Waals surface area contributed by atoms with Gasteiger partial charge in [0.1, 0.15) is 11.9 Å². The molecule has 0 spiro atoms. The number of nitrogens with one attached hydrogen (secondary N) is 2. The second-order valence-corrected chi connectivity index (χ2v) is 3.76. The monoisotopic (exact) mass is 209 g/mol. The van der Waals surface area contributed by atoms with Crippen LogP contribution in [0.3, 0.4) is 0 Å². The summed E-state index contributed by atoms with van der Waals surface area (Å²) in [6.07, 6.45) is 6.79. The van der Waals surface area contributed by atoms with E-state index < -0.39 is 6.09 Å². The Morgan fingerprint density at radius 1 is 1.47 bits per heavy atom. The maximum absolute atomic E-state index is 11.4. The molecule has 1 aliphatic carbocycles. The molecule has 1 saturated carbocycles. The molecule has 15 heavy (non-hydrogen) atoms. The quantitative estimate of drug-likeness (QED) is 0.785. The van der Waals surface area contributed by atoms with Crippen LogP contribution in [-0.4, -0.2) is 22.4 Å². The number of hydrogen-bond donors (Lipinski definition) is 2. The molecule has 1 aromatic rings. The highest BCUT2D eigenvalue weighted by Crippen LogP contribution is 2.20. The van der Waals surface area contributed by atoms with Crippen LogP contribution in [0.4, 0.5) is 10.6 Å². The Morgan fingerprint density at radius 3 is 2.93 bits per heavy atom. The van der Waals surface area contributed by atoms with Gasteiger partial charge in [0.25, 0.3) is 0 Å². The third-order valence-electron chi connectivity index (χ3n) is 2.56. The predicted molar refractivity (Wildman–Crippen MR) is 55.6 cm³/mol. The summed E-state index contributed by atoms with van der Waals surface area (Å²) in [5.74, 6) is 0.566. The number of carbonyl (C=O) groups excluding carboxylic acids is 1. The van der Waals surface area contributed by atoms with Gasteiger partial charge in [-0.1, -0.05) is 6.42 Å². The van der Waals surface area contributed by atoms with Crippen molar-refractivity contribution < 1.29 is 9.53 Å². The fraction of sp³-hybridized carbons (Fsp3) is 0.600. The second kappa shape index (κ2) is 4.82. The highest BCUT2D eigenvalue weighted by molar-refractivity contribution is 5.83. The van der Waals surface area contributed by atoms with Gasteiger partial charge in [0.2, 0.25) is 0 Å². The number of ether oxygens (including phenoxy) is 1. The molecule has 5 heteroatoms. The van der Waals surface area contributed by atoms with Crippen molar-refractivity contribution in [2.24, 2.45) is 0 Å². The smallest absolute Gasteiger partial charge is 0.413 e. The number of hydrogen-bond acceptors (Lipinski definition) is 3. The van der Waals surface area contributed by atoms with Crippen LogP contribution in [0.2, 0.25) is 0 Å². The van der Waals surface area contributed by atoms with Crippen molar-refractivity contribution in [3.63, 3.8) is 0 Å². The van der Waals surface area contributed by atoms with Crippen LogP contribution in [0.25, 0.3) is 0 Å². The predicted octanol–water partition coefficient (Wildman–Crippen LogP) is 2.29. The van der Waals surface area contributed by atoms with Gasteiger partial charge in [-0.2, -0.15) is 5.10 Å². The number of H-pyrrole nitrogens is 1. The summed E-state index contributed by atoms with van der Waals surface area (Å²) in [4.78, 5) is 11.4. The fourth-order valence-corrected chi connectivity index (χ4v) is 1.80. The Morgan fingerprint density at radius 2 is 2.27 bits per heavy atom. The zero-order valence-corrected chi connectivity index (χ0v) is 8.53. The van der Waals surface area contributed by atoms with E-state index in [0.29, 0.717) is 5.82 Å². The maximum atomic E-state index is 11.4. The number of aromatic amines is 1. The summed E-state index contributed by atoms with van der Waals surface area (Å²) in [5, 5.41) is 8.96. The van der Waals surface area contributed by atoms with E-state index in [1.54, 1.807) is 12.3 Å². The Labute approximate surface area is 88.2 Å². The molecule has 1 aromatic heterocycles. The minimum Gasteiger partial charge on any atom is -0.446 e. The van der Waals surface area contributed by atoms with Gasteiger partial charge in [0, 0.05) is 6.07 Å². The third-order valence-corrected chi connectivity index (χ3v) is 2.56. The summed E-state index contributed by atoms with van der Waals surface area (Å²) < 4.78 is 5.27. The number of aromatic nitrogens is 2. The zero-order chi connectivity index (χ0) is 10.5. The second-order valence-electron chi connectivity index (χ2n) is 3.76. The highest BCUT2D eigenvalue weighted by atomic mass is 16.6. The van der Waals surface area contributed by atoms with E-state index in [2.05, 4.69) is 15.5 Å². The molecule has 1 amide bonds. The number of rotatable bonds is 2. The van der Waals surface area contributed by atoms with E-state index in [1.165, 1.54) is 6.42 Å². The minimum atomic E-state index is -0.397. The van der Waals surface area contributed by atoms with Gasteiger partial charge >= 0.3 is 6.09 Å². The Bertz CT molecular complexity index is 304. The summed E-state index contributed by atoms with van der Waals surface area (Å²) in [6, 6.07) is 1.68. The molecular weight excluding hydrogens is 194 g/mol. The minimum absolute atomic E-state index is 0.0849. The number of amides is 1. The SMILES string of the molecule is O=C(Nc1ccn[nH]1)OC1CCCCC1.